The molecule has 160 valence electrons. The van der Waals surface area contributed by atoms with Crippen molar-refractivity contribution in [2.75, 3.05) is 0 Å². The summed E-state index contributed by atoms with van der Waals surface area (Å²) < 4.78 is 11.1. The van der Waals surface area contributed by atoms with E-state index in [9.17, 15) is 0 Å². The van der Waals surface area contributed by atoms with Crippen LogP contribution in [-0.2, 0) is 12.5 Å². The zero-order valence-corrected chi connectivity index (χ0v) is 20.6. The number of benzene rings is 2. The zero-order chi connectivity index (χ0) is 23.2. The van der Waals surface area contributed by atoms with Crippen molar-refractivity contribution in [2.45, 2.75) is 73.6 Å². The first-order chi connectivity index (χ1) is 14.3. The second-order valence-electron chi connectivity index (χ2n) is 10.7. The number of pyridine rings is 1. The molecule has 0 unspecified atom stereocenters. The maximum atomic E-state index is 8.91. The number of aryl methyl sites for hydroxylation is 1. The van der Waals surface area contributed by atoms with E-state index >= 15 is 0 Å². The molecule has 1 aromatic heterocycles. The number of aromatic nitrogens is 1. The number of hydrogen-bond donors (Lipinski definition) is 0. The van der Waals surface area contributed by atoms with Crippen molar-refractivity contribution in [1.29, 1.82) is 0 Å². The van der Waals surface area contributed by atoms with E-state index in [1.165, 1.54) is 33.3 Å². The van der Waals surface area contributed by atoms with E-state index in [0.29, 0.717) is 23.8 Å². The van der Waals surface area contributed by atoms with Gasteiger partial charge in [-0.2, -0.15) is 4.57 Å². The van der Waals surface area contributed by atoms with Crippen molar-refractivity contribution >= 4 is 10.8 Å². The number of hydrogen-bond acceptors (Lipinski definition) is 0. The molecule has 0 atom stereocenters. The van der Waals surface area contributed by atoms with Gasteiger partial charge in [0.15, 0.2) is 5.69 Å². The summed E-state index contributed by atoms with van der Waals surface area (Å²) in [6.07, 6.45) is 0. The fourth-order valence-electron chi connectivity index (χ4n) is 4.92. The van der Waals surface area contributed by atoms with E-state index in [1.54, 1.807) is 0 Å². The predicted molar refractivity (Wildman–Crippen MR) is 131 cm³/mol. The molecule has 30 heavy (non-hydrogen) atoms. The SMILES string of the molecule is [2H]c1c(C)[n+](C)c(-c2cc(C(C)(C)C)ccc2C)c2ccc(C(C(C)C)C(C)C)cc12. The van der Waals surface area contributed by atoms with Crippen LogP contribution in [0.5, 0.6) is 0 Å². The average Bonchev–Trinajstić information content (AvgIpc) is 2.66. The average molecular weight is 404 g/mol. The van der Waals surface area contributed by atoms with E-state index in [1.807, 2.05) is 0 Å². The summed E-state index contributed by atoms with van der Waals surface area (Å²) in [5, 5.41) is 2.23. The minimum atomic E-state index is 0.0934. The second-order valence-corrected chi connectivity index (χ2v) is 10.7. The van der Waals surface area contributed by atoms with Crippen LogP contribution in [-0.4, -0.2) is 0 Å². The van der Waals surface area contributed by atoms with E-state index in [2.05, 4.69) is 110 Å². The summed E-state index contributed by atoms with van der Waals surface area (Å²) in [5.74, 6) is 1.63. The molecule has 1 heterocycles. The molecule has 0 aliphatic heterocycles. The third-order valence-electron chi connectivity index (χ3n) is 6.63. The predicted octanol–water partition coefficient (Wildman–Crippen LogP) is 7.64. The monoisotopic (exact) mass is 403 g/mol. The molecule has 0 aliphatic rings. The second kappa shape index (κ2) is 8.17. The number of nitrogens with zero attached hydrogens (tertiary/aromatic N) is 1. The lowest BCUT2D eigenvalue weighted by molar-refractivity contribution is -0.665. The van der Waals surface area contributed by atoms with Crippen molar-refractivity contribution < 1.29 is 5.94 Å². The molecule has 1 nitrogen and oxygen atoms in total. The van der Waals surface area contributed by atoms with Crippen LogP contribution in [0.25, 0.3) is 22.0 Å². The van der Waals surface area contributed by atoms with E-state index < -0.39 is 0 Å². The Hall–Kier alpha value is -2.15. The van der Waals surface area contributed by atoms with Crippen molar-refractivity contribution in [3.05, 3.63) is 64.8 Å². The summed E-state index contributed by atoms with van der Waals surface area (Å²) >= 11 is 0. The van der Waals surface area contributed by atoms with Gasteiger partial charge in [0.05, 0.1) is 12.3 Å². The highest BCUT2D eigenvalue weighted by Gasteiger charge is 2.25. The first kappa shape index (κ1) is 21.1. The van der Waals surface area contributed by atoms with Gasteiger partial charge in [0.2, 0.25) is 5.69 Å². The zero-order valence-electron chi connectivity index (χ0n) is 21.6. The van der Waals surface area contributed by atoms with Crippen molar-refractivity contribution in [3.8, 4) is 11.3 Å². The molecule has 1 heteroatoms. The Bertz CT molecular complexity index is 1110. The lowest BCUT2D eigenvalue weighted by Gasteiger charge is -2.26. The van der Waals surface area contributed by atoms with Gasteiger partial charge in [-0.05, 0) is 64.3 Å². The van der Waals surface area contributed by atoms with Gasteiger partial charge in [0, 0.05) is 13.0 Å². The Morgan fingerprint density at radius 1 is 0.900 bits per heavy atom. The highest BCUT2D eigenvalue weighted by Crippen LogP contribution is 2.37. The molecular weight excluding hydrogens is 362 g/mol. The van der Waals surface area contributed by atoms with Crippen LogP contribution >= 0.6 is 0 Å². The Kier molecular flexibility index (Phi) is 5.75. The minimum absolute atomic E-state index is 0.0934. The molecule has 0 radical (unpaired) electrons. The summed E-state index contributed by atoms with van der Waals surface area (Å²) in [6.45, 7) is 20.3. The number of fused-ring (bicyclic) bond motifs is 1. The van der Waals surface area contributed by atoms with Crippen molar-refractivity contribution in [1.82, 2.24) is 0 Å². The molecular formula is C29H40N+. The van der Waals surface area contributed by atoms with Crippen LogP contribution in [0.4, 0.5) is 0 Å². The Morgan fingerprint density at radius 3 is 2.10 bits per heavy atom. The fourth-order valence-corrected chi connectivity index (χ4v) is 4.92. The quantitative estimate of drug-likeness (QED) is 0.394. The van der Waals surface area contributed by atoms with Crippen molar-refractivity contribution in [2.24, 2.45) is 18.9 Å². The maximum absolute atomic E-state index is 8.91. The molecule has 0 saturated heterocycles. The molecule has 0 spiro atoms. The topological polar surface area (TPSA) is 3.88 Å². The molecule has 3 rings (SSSR count). The Labute approximate surface area is 185 Å². The first-order valence-corrected chi connectivity index (χ1v) is 11.4. The summed E-state index contributed by atoms with van der Waals surface area (Å²) in [4.78, 5) is 0. The molecule has 0 aliphatic carbocycles. The van der Waals surface area contributed by atoms with Gasteiger partial charge in [-0.15, -0.1) is 0 Å². The van der Waals surface area contributed by atoms with Gasteiger partial charge >= 0.3 is 0 Å². The molecule has 0 bridgehead atoms. The molecule has 2 aromatic carbocycles. The van der Waals surface area contributed by atoms with Gasteiger partial charge < -0.3 is 0 Å². The molecule has 3 aromatic rings. The van der Waals surface area contributed by atoms with Crippen LogP contribution < -0.4 is 4.57 Å². The lowest BCUT2D eigenvalue weighted by Crippen LogP contribution is -2.35. The highest BCUT2D eigenvalue weighted by molar-refractivity contribution is 5.94. The smallest absolute Gasteiger partial charge is 0.198 e. The van der Waals surface area contributed by atoms with Gasteiger partial charge in [-0.3, -0.25) is 0 Å². The maximum Gasteiger partial charge on any atom is 0.220 e. The normalized spacial score (nSPS) is 13.0. The van der Waals surface area contributed by atoms with Crippen LogP contribution in [0, 0.1) is 25.7 Å². The Morgan fingerprint density at radius 2 is 1.53 bits per heavy atom. The highest BCUT2D eigenvalue weighted by atomic mass is 14.9. The van der Waals surface area contributed by atoms with Crippen LogP contribution in [0.2, 0.25) is 0 Å². The standard InChI is InChI=1S/C29H40N/c1-18(2)27(19(3)4)22-12-14-25-23(16-22)15-21(6)30(10)28(25)26-17-24(29(7,8)9)13-11-20(26)5/h11-19,27H,1-10H3/q+1/i15D. The third kappa shape index (κ3) is 4.17. The van der Waals surface area contributed by atoms with Gasteiger partial charge in [-0.25, -0.2) is 0 Å². The summed E-state index contributed by atoms with van der Waals surface area (Å²) in [7, 11) is 2.10. The van der Waals surface area contributed by atoms with Gasteiger partial charge in [0.1, 0.15) is 7.05 Å². The lowest BCUT2D eigenvalue weighted by atomic mass is 9.79. The molecule has 0 amide bonds. The number of rotatable bonds is 4. The summed E-state index contributed by atoms with van der Waals surface area (Å²) in [6, 6.07) is 14.3. The third-order valence-corrected chi connectivity index (χ3v) is 6.63. The molecule has 0 saturated carbocycles. The minimum Gasteiger partial charge on any atom is -0.198 e. The Balaban J connectivity index is 2.37. The van der Waals surface area contributed by atoms with Gasteiger partial charge in [-0.1, -0.05) is 72.7 Å². The van der Waals surface area contributed by atoms with Crippen LogP contribution in [0.15, 0.2) is 42.4 Å². The van der Waals surface area contributed by atoms with Gasteiger partial charge in [0.25, 0.3) is 0 Å². The molecule has 0 fully saturated rings. The van der Waals surface area contributed by atoms with Crippen LogP contribution in [0.3, 0.4) is 0 Å². The van der Waals surface area contributed by atoms with Crippen molar-refractivity contribution in [3.63, 3.8) is 0 Å². The first-order valence-electron chi connectivity index (χ1n) is 11.9. The largest absolute Gasteiger partial charge is 0.220 e. The summed E-state index contributed by atoms with van der Waals surface area (Å²) in [5.41, 5.74) is 7.54. The fraction of sp³-hybridized carbons (Fsp3) is 0.483. The molecule has 0 N–H and O–H groups in total. The van der Waals surface area contributed by atoms with E-state index in [-0.39, 0.29) is 5.41 Å². The van der Waals surface area contributed by atoms with Crippen LogP contribution in [0.1, 0.15) is 78.1 Å². The van der Waals surface area contributed by atoms with E-state index in [0.717, 1.165) is 11.1 Å². The van der Waals surface area contributed by atoms with E-state index in [4.69, 9.17) is 1.37 Å².